The second-order valence-corrected chi connectivity index (χ2v) is 3.83. The van der Waals surface area contributed by atoms with E-state index >= 15 is 0 Å². The molecule has 13 heavy (non-hydrogen) atoms. The molecule has 0 aromatic rings. The van der Waals surface area contributed by atoms with Crippen molar-refractivity contribution in [1.82, 2.24) is 0 Å². The van der Waals surface area contributed by atoms with Crippen LogP contribution in [0.15, 0.2) is 0 Å². The minimum atomic E-state index is -0.164. The van der Waals surface area contributed by atoms with Gasteiger partial charge in [-0.3, -0.25) is 0 Å². The number of carbonyl (C=O) groups is 1. The average Bonchev–Trinajstić information content (AvgIpc) is 2.42. The maximum absolute atomic E-state index is 10.6. The van der Waals surface area contributed by atoms with E-state index in [4.69, 9.17) is 4.74 Å². The van der Waals surface area contributed by atoms with Gasteiger partial charge in [-0.15, -0.1) is 0 Å². The average molecular weight is 184 g/mol. The van der Waals surface area contributed by atoms with E-state index in [1.165, 1.54) is 25.7 Å². The zero-order chi connectivity index (χ0) is 9.52. The normalized spacial score (nSPS) is 22.2. The van der Waals surface area contributed by atoms with Gasteiger partial charge in [0.15, 0.2) is 0 Å². The molecule has 0 N–H and O–H groups in total. The summed E-state index contributed by atoms with van der Waals surface area (Å²) < 4.78 is 5.70. The summed E-state index contributed by atoms with van der Waals surface area (Å²) in [5.74, 6) is 0. The van der Waals surface area contributed by atoms with Crippen LogP contribution >= 0.6 is 0 Å². The van der Waals surface area contributed by atoms with Crippen molar-refractivity contribution in [2.45, 2.75) is 64.1 Å². The van der Waals surface area contributed by atoms with Crippen LogP contribution in [-0.2, 0) is 9.53 Å². The zero-order valence-corrected chi connectivity index (χ0v) is 8.50. The van der Waals surface area contributed by atoms with Gasteiger partial charge in [-0.25, -0.2) is 0 Å². The van der Waals surface area contributed by atoms with Gasteiger partial charge in [0.2, 0.25) is 0 Å². The molecule has 0 aliphatic heterocycles. The van der Waals surface area contributed by atoms with Gasteiger partial charge in [0, 0.05) is 0 Å². The van der Waals surface area contributed by atoms with E-state index < -0.39 is 0 Å². The molecule has 2 nitrogen and oxygen atoms in total. The summed E-state index contributed by atoms with van der Waals surface area (Å²) in [6.07, 6.45) is 9.40. The van der Waals surface area contributed by atoms with Crippen LogP contribution < -0.4 is 0 Å². The summed E-state index contributed by atoms with van der Waals surface area (Å²) in [6.45, 7) is 2.00. The summed E-state index contributed by atoms with van der Waals surface area (Å²) in [5, 5.41) is 0. The van der Waals surface area contributed by atoms with Crippen molar-refractivity contribution in [1.29, 1.82) is 0 Å². The minimum Gasteiger partial charge on any atom is -0.368 e. The molecule has 2 heteroatoms. The molecule has 0 saturated heterocycles. The molecule has 0 aromatic carbocycles. The molecular formula is C11H20O2. The summed E-state index contributed by atoms with van der Waals surface area (Å²) in [4.78, 5) is 10.6. The fourth-order valence-corrected chi connectivity index (χ4v) is 1.85. The quantitative estimate of drug-likeness (QED) is 0.496. The predicted octanol–water partition coefficient (Wildman–Crippen LogP) is 2.70. The Morgan fingerprint density at radius 2 is 1.92 bits per heavy atom. The molecule has 0 aromatic heterocycles. The van der Waals surface area contributed by atoms with Crippen LogP contribution in [0.25, 0.3) is 0 Å². The Balaban J connectivity index is 2.28. The SMILES string of the molecule is CCC(C=O)OC1CCCCCC1. The topological polar surface area (TPSA) is 26.3 Å². The predicted molar refractivity (Wildman–Crippen MR) is 52.7 cm³/mol. The standard InChI is InChI=1S/C11H20O2/c1-2-10(9-12)13-11-7-5-3-4-6-8-11/h9-11H,2-8H2,1H3. The lowest BCUT2D eigenvalue weighted by molar-refractivity contribution is -0.122. The third kappa shape index (κ3) is 3.90. The van der Waals surface area contributed by atoms with Crippen LogP contribution in [0.5, 0.6) is 0 Å². The molecule has 0 radical (unpaired) electrons. The van der Waals surface area contributed by atoms with Crippen molar-refractivity contribution in [2.75, 3.05) is 0 Å². The Bertz CT molecular complexity index is 137. The Morgan fingerprint density at radius 1 is 1.31 bits per heavy atom. The largest absolute Gasteiger partial charge is 0.368 e. The van der Waals surface area contributed by atoms with Crippen LogP contribution in [0.2, 0.25) is 0 Å². The van der Waals surface area contributed by atoms with E-state index in [1.807, 2.05) is 6.92 Å². The fraction of sp³-hybridized carbons (Fsp3) is 0.909. The van der Waals surface area contributed by atoms with Crippen molar-refractivity contribution in [3.8, 4) is 0 Å². The van der Waals surface area contributed by atoms with Crippen molar-refractivity contribution >= 4 is 6.29 Å². The zero-order valence-electron chi connectivity index (χ0n) is 8.50. The molecule has 76 valence electrons. The van der Waals surface area contributed by atoms with Gasteiger partial charge in [-0.1, -0.05) is 32.6 Å². The number of ether oxygens (including phenoxy) is 1. The molecule has 1 aliphatic rings. The molecule has 1 saturated carbocycles. The van der Waals surface area contributed by atoms with Gasteiger partial charge in [0.05, 0.1) is 6.10 Å². The maximum Gasteiger partial charge on any atom is 0.148 e. The smallest absolute Gasteiger partial charge is 0.148 e. The Hall–Kier alpha value is -0.370. The number of aldehydes is 1. The minimum absolute atomic E-state index is 0.164. The van der Waals surface area contributed by atoms with E-state index in [0.29, 0.717) is 6.10 Å². The van der Waals surface area contributed by atoms with Crippen molar-refractivity contribution in [2.24, 2.45) is 0 Å². The van der Waals surface area contributed by atoms with Crippen LogP contribution in [-0.4, -0.2) is 18.5 Å². The highest BCUT2D eigenvalue weighted by atomic mass is 16.5. The number of hydrogen-bond donors (Lipinski definition) is 0. The highest BCUT2D eigenvalue weighted by Gasteiger charge is 2.16. The fourth-order valence-electron chi connectivity index (χ4n) is 1.85. The number of hydrogen-bond acceptors (Lipinski definition) is 2. The Labute approximate surface area is 80.7 Å². The lowest BCUT2D eigenvalue weighted by Crippen LogP contribution is -2.22. The molecule has 1 unspecified atom stereocenters. The van der Waals surface area contributed by atoms with Gasteiger partial charge in [0.25, 0.3) is 0 Å². The lowest BCUT2D eigenvalue weighted by atomic mass is 10.1. The van der Waals surface area contributed by atoms with Gasteiger partial charge >= 0.3 is 0 Å². The molecule has 0 amide bonds. The molecule has 1 atom stereocenters. The summed E-state index contributed by atoms with van der Waals surface area (Å²) in [6, 6.07) is 0. The third-order valence-electron chi connectivity index (χ3n) is 2.72. The molecular weight excluding hydrogens is 164 g/mol. The van der Waals surface area contributed by atoms with E-state index in [9.17, 15) is 4.79 Å². The van der Waals surface area contributed by atoms with E-state index in [2.05, 4.69) is 0 Å². The number of carbonyl (C=O) groups excluding carboxylic acids is 1. The van der Waals surface area contributed by atoms with Crippen molar-refractivity contribution in [3.63, 3.8) is 0 Å². The summed E-state index contributed by atoms with van der Waals surface area (Å²) in [5.41, 5.74) is 0. The van der Waals surface area contributed by atoms with Gasteiger partial charge in [-0.05, 0) is 19.3 Å². The molecule has 1 aliphatic carbocycles. The maximum atomic E-state index is 10.6. The first kappa shape index (κ1) is 10.7. The highest BCUT2D eigenvalue weighted by Crippen LogP contribution is 2.21. The van der Waals surface area contributed by atoms with Gasteiger partial charge in [0.1, 0.15) is 12.4 Å². The van der Waals surface area contributed by atoms with Crippen molar-refractivity contribution in [3.05, 3.63) is 0 Å². The van der Waals surface area contributed by atoms with E-state index in [1.54, 1.807) is 0 Å². The molecule has 1 rings (SSSR count). The van der Waals surface area contributed by atoms with E-state index in [0.717, 1.165) is 25.5 Å². The summed E-state index contributed by atoms with van der Waals surface area (Å²) in [7, 11) is 0. The van der Waals surface area contributed by atoms with Crippen LogP contribution in [0, 0.1) is 0 Å². The summed E-state index contributed by atoms with van der Waals surface area (Å²) >= 11 is 0. The molecule has 0 heterocycles. The first-order chi connectivity index (χ1) is 6.36. The van der Waals surface area contributed by atoms with Crippen LogP contribution in [0.1, 0.15) is 51.9 Å². The van der Waals surface area contributed by atoms with Gasteiger partial charge in [-0.2, -0.15) is 0 Å². The van der Waals surface area contributed by atoms with Crippen LogP contribution in [0.4, 0.5) is 0 Å². The van der Waals surface area contributed by atoms with E-state index in [-0.39, 0.29) is 6.10 Å². The second kappa shape index (κ2) is 6.14. The molecule has 1 fully saturated rings. The molecule has 0 spiro atoms. The van der Waals surface area contributed by atoms with Crippen molar-refractivity contribution < 1.29 is 9.53 Å². The third-order valence-corrected chi connectivity index (χ3v) is 2.72. The highest BCUT2D eigenvalue weighted by molar-refractivity contribution is 5.55. The van der Waals surface area contributed by atoms with Gasteiger partial charge < -0.3 is 9.53 Å². The Kier molecular flexibility index (Phi) is 5.06. The Morgan fingerprint density at radius 3 is 2.38 bits per heavy atom. The molecule has 0 bridgehead atoms. The van der Waals surface area contributed by atoms with Crippen LogP contribution in [0.3, 0.4) is 0 Å². The number of rotatable bonds is 4. The second-order valence-electron chi connectivity index (χ2n) is 3.83. The first-order valence-electron chi connectivity index (χ1n) is 5.47. The monoisotopic (exact) mass is 184 g/mol. The lowest BCUT2D eigenvalue weighted by Gasteiger charge is -2.18. The first-order valence-corrected chi connectivity index (χ1v) is 5.47.